The minimum atomic E-state index is 0.328. The fraction of sp³-hybridized carbons (Fsp3) is 0.600. The molecule has 76 valence electrons. The predicted molar refractivity (Wildman–Crippen MR) is 56.9 cm³/mol. The van der Waals surface area contributed by atoms with Gasteiger partial charge < -0.3 is 11.1 Å². The van der Waals surface area contributed by atoms with Crippen LogP contribution in [-0.4, -0.2) is 16.0 Å². The van der Waals surface area contributed by atoms with E-state index in [0.29, 0.717) is 17.4 Å². The van der Waals surface area contributed by atoms with Crippen LogP contribution in [0.25, 0.3) is 0 Å². The van der Waals surface area contributed by atoms with Crippen LogP contribution in [0.1, 0.15) is 26.7 Å². The maximum absolute atomic E-state index is 5.49. The number of hydrogen-bond donors (Lipinski definition) is 2. The van der Waals surface area contributed by atoms with Crippen LogP contribution < -0.4 is 11.1 Å². The van der Waals surface area contributed by atoms with Crippen molar-refractivity contribution < 1.29 is 0 Å². The molecule has 1 aromatic heterocycles. The van der Waals surface area contributed by atoms with Gasteiger partial charge in [0, 0.05) is 12.2 Å². The number of hydrogen-bond acceptors (Lipinski definition) is 4. The number of nitrogen functional groups attached to an aromatic ring is 1. The zero-order valence-electron chi connectivity index (χ0n) is 8.62. The lowest BCUT2D eigenvalue weighted by Crippen LogP contribution is -2.12. The first-order valence-electron chi connectivity index (χ1n) is 4.99. The first-order valence-corrected chi connectivity index (χ1v) is 4.99. The average molecular weight is 192 g/mol. The van der Waals surface area contributed by atoms with E-state index in [1.54, 1.807) is 6.20 Å². The van der Waals surface area contributed by atoms with E-state index >= 15 is 0 Å². The Bertz CT molecular complexity index is 339. The summed E-state index contributed by atoms with van der Waals surface area (Å²) >= 11 is 0. The van der Waals surface area contributed by atoms with E-state index < -0.39 is 0 Å². The predicted octanol–water partition coefficient (Wildman–Crippen LogP) is 1.66. The summed E-state index contributed by atoms with van der Waals surface area (Å²) in [6.45, 7) is 4.51. The van der Waals surface area contributed by atoms with E-state index in [-0.39, 0.29) is 0 Å². The summed E-state index contributed by atoms with van der Waals surface area (Å²) in [4.78, 5) is 7.96. The average Bonchev–Trinajstić information content (AvgIpc) is 2.78. The van der Waals surface area contributed by atoms with Crippen LogP contribution in [0.15, 0.2) is 12.3 Å². The van der Waals surface area contributed by atoms with Crippen LogP contribution in [0.5, 0.6) is 0 Å². The van der Waals surface area contributed by atoms with Crippen LogP contribution >= 0.6 is 0 Å². The van der Waals surface area contributed by atoms with E-state index in [1.807, 2.05) is 6.07 Å². The number of nitrogens with one attached hydrogen (secondary N) is 1. The topological polar surface area (TPSA) is 63.8 Å². The normalized spacial score (nSPS) is 30.0. The number of nitrogens with two attached hydrogens (primary N) is 1. The SMILES string of the molecule is CCC1(C)CC1Nc1ccnc(N)n1. The molecule has 1 fully saturated rings. The Labute approximate surface area is 83.9 Å². The molecule has 0 bridgehead atoms. The highest BCUT2D eigenvalue weighted by molar-refractivity contribution is 5.41. The fourth-order valence-electron chi connectivity index (χ4n) is 1.66. The first kappa shape index (κ1) is 9.24. The quantitative estimate of drug-likeness (QED) is 0.764. The molecule has 0 spiro atoms. The van der Waals surface area contributed by atoms with Crippen molar-refractivity contribution in [3.63, 3.8) is 0 Å². The Balaban J connectivity index is 2.00. The van der Waals surface area contributed by atoms with Crippen LogP contribution in [0.3, 0.4) is 0 Å². The second-order valence-electron chi connectivity index (χ2n) is 4.21. The van der Waals surface area contributed by atoms with E-state index in [0.717, 1.165) is 5.82 Å². The molecule has 3 N–H and O–H groups in total. The van der Waals surface area contributed by atoms with Crippen molar-refractivity contribution in [2.45, 2.75) is 32.7 Å². The summed E-state index contributed by atoms with van der Waals surface area (Å²) in [5.74, 6) is 1.16. The molecule has 14 heavy (non-hydrogen) atoms. The van der Waals surface area contributed by atoms with Crippen LogP contribution in [0, 0.1) is 5.41 Å². The Hall–Kier alpha value is -1.32. The molecular weight excluding hydrogens is 176 g/mol. The number of aromatic nitrogens is 2. The van der Waals surface area contributed by atoms with Gasteiger partial charge in [0.15, 0.2) is 0 Å². The smallest absolute Gasteiger partial charge is 0.221 e. The second kappa shape index (κ2) is 3.12. The van der Waals surface area contributed by atoms with Crippen molar-refractivity contribution in [2.24, 2.45) is 5.41 Å². The largest absolute Gasteiger partial charge is 0.368 e. The molecule has 1 aliphatic rings. The number of rotatable bonds is 3. The summed E-state index contributed by atoms with van der Waals surface area (Å²) in [6, 6.07) is 2.40. The highest BCUT2D eigenvalue weighted by atomic mass is 15.1. The van der Waals surface area contributed by atoms with E-state index in [2.05, 4.69) is 29.1 Å². The summed E-state index contributed by atoms with van der Waals surface area (Å²) in [5, 5.41) is 3.37. The highest BCUT2D eigenvalue weighted by Crippen LogP contribution is 2.49. The Morgan fingerprint density at radius 1 is 1.71 bits per heavy atom. The van der Waals surface area contributed by atoms with Gasteiger partial charge in [-0.15, -0.1) is 0 Å². The van der Waals surface area contributed by atoms with Crippen molar-refractivity contribution in [2.75, 3.05) is 11.1 Å². The van der Waals surface area contributed by atoms with E-state index in [4.69, 9.17) is 5.73 Å². The molecular formula is C10H16N4. The molecule has 0 radical (unpaired) electrons. The molecule has 1 aliphatic carbocycles. The fourth-order valence-corrected chi connectivity index (χ4v) is 1.66. The summed E-state index contributed by atoms with van der Waals surface area (Å²) in [6.07, 6.45) is 4.09. The van der Waals surface area contributed by atoms with Gasteiger partial charge in [0.2, 0.25) is 5.95 Å². The monoisotopic (exact) mass is 192 g/mol. The standard InChI is InChI=1S/C10H16N4/c1-3-10(2)6-7(10)13-8-4-5-12-9(11)14-8/h4-5,7H,3,6H2,1-2H3,(H3,11,12,13,14). The molecule has 2 rings (SSSR count). The third kappa shape index (κ3) is 1.64. The Morgan fingerprint density at radius 3 is 3.07 bits per heavy atom. The zero-order valence-corrected chi connectivity index (χ0v) is 8.62. The molecule has 1 heterocycles. The van der Waals surface area contributed by atoms with E-state index in [1.165, 1.54) is 12.8 Å². The summed E-state index contributed by atoms with van der Waals surface area (Å²) in [7, 11) is 0. The van der Waals surface area contributed by atoms with Gasteiger partial charge in [-0.1, -0.05) is 13.8 Å². The lowest BCUT2D eigenvalue weighted by Gasteiger charge is -2.09. The molecule has 0 amide bonds. The maximum atomic E-state index is 5.49. The molecule has 4 nitrogen and oxygen atoms in total. The van der Waals surface area contributed by atoms with Gasteiger partial charge in [-0.3, -0.25) is 0 Å². The van der Waals surface area contributed by atoms with Gasteiger partial charge in [-0.2, -0.15) is 4.98 Å². The molecule has 0 aliphatic heterocycles. The molecule has 1 saturated carbocycles. The molecule has 0 saturated heterocycles. The van der Waals surface area contributed by atoms with Crippen LogP contribution in [0.4, 0.5) is 11.8 Å². The van der Waals surface area contributed by atoms with Crippen molar-refractivity contribution in [1.29, 1.82) is 0 Å². The minimum Gasteiger partial charge on any atom is -0.368 e. The third-order valence-corrected chi connectivity index (χ3v) is 3.16. The number of anilines is 2. The van der Waals surface area contributed by atoms with Crippen molar-refractivity contribution in [1.82, 2.24) is 9.97 Å². The minimum absolute atomic E-state index is 0.328. The summed E-state index contributed by atoms with van der Waals surface area (Å²) < 4.78 is 0. The van der Waals surface area contributed by atoms with Gasteiger partial charge in [-0.05, 0) is 24.3 Å². The highest BCUT2D eigenvalue weighted by Gasteiger charge is 2.48. The summed E-state index contributed by atoms with van der Waals surface area (Å²) in [5.41, 5.74) is 5.94. The zero-order chi connectivity index (χ0) is 10.2. The van der Waals surface area contributed by atoms with Crippen molar-refractivity contribution in [3.8, 4) is 0 Å². The molecule has 4 heteroatoms. The van der Waals surface area contributed by atoms with Gasteiger partial charge in [0.25, 0.3) is 0 Å². The Kier molecular flexibility index (Phi) is 2.06. The maximum Gasteiger partial charge on any atom is 0.221 e. The van der Waals surface area contributed by atoms with Gasteiger partial charge in [0.05, 0.1) is 0 Å². The van der Waals surface area contributed by atoms with Crippen LogP contribution in [-0.2, 0) is 0 Å². The van der Waals surface area contributed by atoms with Gasteiger partial charge in [-0.25, -0.2) is 4.98 Å². The van der Waals surface area contributed by atoms with Gasteiger partial charge >= 0.3 is 0 Å². The van der Waals surface area contributed by atoms with E-state index in [9.17, 15) is 0 Å². The molecule has 1 aromatic rings. The molecule has 0 aromatic carbocycles. The third-order valence-electron chi connectivity index (χ3n) is 3.16. The van der Waals surface area contributed by atoms with Crippen molar-refractivity contribution >= 4 is 11.8 Å². The van der Waals surface area contributed by atoms with Crippen molar-refractivity contribution in [3.05, 3.63) is 12.3 Å². The molecule has 2 unspecified atom stereocenters. The lowest BCUT2D eigenvalue weighted by atomic mass is 10.1. The number of nitrogens with zero attached hydrogens (tertiary/aromatic N) is 2. The first-order chi connectivity index (χ1) is 6.64. The van der Waals surface area contributed by atoms with Gasteiger partial charge in [0.1, 0.15) is 5.82 Å². The Morgan fingerprint density at radius 2 is 2.50 bits per heavy atom. The molecule has 2 atom stereocenters. The van der Waals surface area contributed by atoms with Crippen LogP contribution in [0.2, 0.25) is 0 Å². The second-order valence-corrected chi connectivity index (χ2v) is 4.21. The lowest BCUT2D eigenvalue weighted by molar-refractivity contribution is 0.535.